The smallest absolute Gasteiger partial charge is 0.0718 e. The van der Waals surface area contributed by atoms with Gasteiger partial charge in [0, 0.05) is 25.9 Å². The molecule has 0 aromatic heterocycles. The van der Waals surface area contributed by atoms with Gasteiger partial charge < -0.3 is 19.5 Å². The molecule has 0 spiro atoms. The van der Waals surface area contributed by atoms with E-state index in [2.05, 4.69) is 29.6 Å². The van der Waals surface area contributed by atoms with Crippen LogP contribution in [-0.4, -0.2) is 39.6 Å². The van der Waals surface area contributed by atoms with Crippen LogP contribution in [-0.2, 0) is 20.8 Å². The molecule has 0 radical (unpaired) electrons. The van der Waals surface area contributed by atoms with Crippen molar-refractivity contribution in [1.82, 2.24) is 0 Å². The van der Waals surface area contributed by atoms with Gasteiger partial charge in [-0.1, -0.05) is 12.1 Å². The summed E-state index contributed by atoms with van der Waals surface area (Å²) in [6, 6.07) is 9.04. The Labute approximate surface area is 127 Å². The molecular formula is C17H27NO3. The zero-order chi connectivity index (χ0) is 14.9. The fraction of sp³-hybridized carbons (Fsp3) is 0.647. The van der Waals surface area contributed by atoms with Crippen LogP contribution in [0.15, 0.2) is 24.3 Å². The Morgan fingerprint density at radius 3 is 2.62 bits per heavy atom. The second-order valence-corrected chi connectivity index (χ2v) is 5.60. The van der Waals surface area contributed by atoms with Crippen molar-refractivity contribution in [3.8, 4) is 0 Å². The lowest BCUT2D eigenvalue weighted by Crippen LogP contribution is -2.29. The van der Waals surface area contributed by atoms with Gasteiger partial charge in [-0.2, -0.15) is 0 Å². The summed E-state index contributed by atoms with van der Waals surface area (Å²) >= 11 is 0. The van der Waals surface area contributed by atoms with Gasteiger partial charge in [-0.3, -0.25) is 0 Å². The lowest BCUT2D eigenvalue weighted by molar-refractivity contribution is 0.0616. The molecule has 1 aromatic carbocycles. The highest BCUT2D eigenvalue weighted by Crippen LogP contribution is 2.24. The molecular weight excluding hydrogens is 266 g/mol. The van der Waals surface area contributed by atoms with E-state index in [1.165, 1.54) is 24.1 Å². The van der Waals surface area contributed by atoms with E-state index in [0.29, 0.717) is 32.0 Å². The zero-order valence-electron chi connectivity index (χ0n) is 13.1. The normalized spacial score (nSPS) is 22.2. The number of hydrogen-bond acceptors (Lipinski definition) is 4. The van der Waals surface area contributed by atoms with Gasteiger partial charge in [0.1, 0.15) is 0 Å². The molecule has 0 atom stereocenters. The van der Waals surface area contributed by atoms with Crippen LogP contribution in [0.1, 0.15) is 31.2 Å². The van der Waals surface area contributed by atoms with E-state index >= 15 is 0 Å². The summed E-state index contributed by atoms with van der Waals surface area (Å²) in [5, 5.41) is 3.63. The molecule has 1 aliphatic carbocycles. The van der Waals surface area contributed by atoms with Crippen LogP contribution in [0, 0.1) is 0 Å². The van der Waals surface area contributed by atoms with Gasteiger partial charge in [0.25, 0.3) is 0 Å². The first-order valence-corrected chi connectivity index (χ1v) is 7.76. The first kappa shape index (κ1) is 16.3. The summed E-state index contributed by atoms with van der Waals surface area (Å²) in [6.45, 7) is 1.91. The van der Waals surface area contributed by atoms with Crippen LogP contribution in [0.4, 0.5) is 5.69 Å². The van der Waals surface area contributed by atoms with E-state index in [0.717, 1.165) is 12.8 Å². The first-order valence-electron chi connectivity index (χ1n) is 7.76. The summed E-state index contributed by atoms with van der Waals surface area (Å²) in [6.07, 6.45) is 5.09. The number of rotatable bonds is 8. The van der Waals surface area contributed by atoms with Crippen LogP contribution in [0.3, 0.4) is 0 Å². The van der Waals surface area contributed by atoms with Gasteiger partial charge in [-0.15, -0.1) is 0 Å². The molecule has 118 valence electrons. The van der Waals surface area contributed by atoms with Crippen LogP contribution in [0.5, 0.6) is 0 Å². The van der Waals surface area contributed by atoms with Crippen molar-refractivity contribution < 1.29 is 14.2 Å². The minimum atomic E-state index is 0.448. The van der Waals surface area contributed by atoms with Crippen LogP contribution < -0.4 is 5.32 Å². The molecule has 2 rings (SSSR count). The summed E-state index contributed by atoms with van der Waals surface area (Å²) < 4.78 is 16.0. The standard InChI is InChI=1S/C17H27NO3/c1-19-10-11-21-13-14-4-3-5-16(12-14)18-15-6-8-17(20-2)9-7-15/h3-5,12,15,17-18H,6-11,13H2,1-2H3. The van der Waals surface area contributed by atoms with Crippen molar-refractivity contribution >= 4 is 5.69 Å². The number of anilines is 1. The largest absolute Gasteiger partial charge is 0.382 e. The second kappa shape index (κ2) is 9.03. The van der Waals surface area contributed by atoms with Gasteiger partial charge in [0.05, 0.1) is 25.9 Å². The molecule has 0 heterocycles. The molecule has 1 N–H and O–H groups in total. The third-order valence-electron chi connectivity index (χ3n) is 4.01. The fourth-order valence-electron chi connectivity index (χ4n) is 2.76. The van der Waals surface area contributed by atoms with Crippen LogP contribution in [0.2, 0.25) is 0 Å². The molecule has 1 aromatic rings. The molecule has 0 unspecified atom stereocenters. The summed E-state index contributed by atoms with van der Waals surface area (Å²) in [7, 11) is 3.50. The number of ether oxygens (including phenoxy) is 3. The van der Waals surface area contributed by atoms with Gasteiger partial charge in [-0.25, -0.2) is 0 Å². The molecule has 0 aliphatic heterocycles. The third-order valence-corrected chi connectivity index (χ3v) is 4.01. The summed E-state index contributed by atoms with van der Waals surface area (Å²) in [5.41, 5.74) is 2.38. The van der Waals surface area contributed by atoms with E-state index in [9.17, 15) is 0 Å². The molecule has 1 fully saturated rings. The molecule has 4 nitrogen and oxygen atoms in total. The average molecular weight is 293 g/mol. The second-order valence-electron chi connectivity index (χ2n) is 5.60. The van der Waals surface area contributed by atoms with E-state index in [4.69, 9.17) is 14.2 Å². The van der Waals surface area contributed by atoms with Crippen molar-refractivity contribution in [2.75, 3.05) is 32.8 Å². The topological polar surface area (TPSA) is 39.7 Å². The average Bonchev–Trinajstić information content (AvgIpc) is 2.53. The molecule has 1 saturated carbocycles. The van der Waals surface area contributed by atoms with Crippen molar-refractivity contribution in [3.63, 3.8) is 0 Å². The molecule has 1 aliphatic rings. The Morgan fingerprint density at radius 1 is 1.10 bits per heavy atom. The Kier molecular flexibility index (Phi) is 7.00. The highest BCUT2D eigenvalue weighted by Gasteiger charge is 2.20. The summed E-state index contributed by atoms with van der Waals surface area (Å²) in [4.78, 5) is 0. The Morgan fingerprint density at radius 2 is 1.90 bits per heavy atom. The van der Waals surface area contributed by atoms with Crippen molar-refractivity contribution in [1.29, 1.82) is 0 Å². The minimum absolute atomic E-state index is 0.448. The number of benzene rings is 1. The van der Waals surface area contributed by atoms with Crippen LogP contribution in [0.25, 0.3) is 0 Å². The van der Waals surface area contributed by atoms with Crippen molar-refractivity contribution in [3.05, 3.63) is 29.8 Å². The van der Waals surface area contributed by atoms with Crippen molar-refractivity contribution in [2.24, 2.45) is 0 Å². The van der Waals surface area contributed by atoms with Gasteiger partial charge in [-0.05, 0) is 43.4 Å². The van der Waals surface area contributed by atoms with Gasteiger partial charge >= 0.3 is 0 Å². The van der Waals surface area contributed by atoms with Crippen LogP contribution >= 0.6 is 0 Å². The van der Waals surface area contributed by atoms with Gasteiger partial charge in [0.15, 0.2) is 0 Å². The first-order chi connectivity index (χ1) is 10.3. The maximum atomic E-state index is 5.56. The number of methoxy groups -OCH3 is 2. The molecule has 0 amide bonds. The minimum Gasteiger partial charge on any atom is -0.382 e. The number of hydrogen-bond donors (Lipinski definition) is 1. The maximum Gasteiger partial charge on any atom is 0.0718 e. The van der Waals surface area contributed by atoms with Crippen molar-refractivity contribution in [2.45, 2.75) is 44.4 Å². The van der Waals surface area contributed by atoms with E-state index in [1.54, 1.807) is 7.11 Å². The predicted molar refractivity (Wildman–Crippen MR) is 84.6 cm³/mol. The van der Waals surface area contributed by atoms with Gasteiger partial charge in [0.2, 0.25) is 0 Å². The zero-order valence-corrected chi connectivity index (χ0v) is 13.1. The third kappa shape index (κ3) is 5.65. The number of nitrogens with one attached hydrogen (secondary N) is 1. The molecule has 4 heteroatoms. The molecule has 21 heavy (non-hydrogen) atoms. The highest BCUT2D eigenvalue weighted by atomic mass is 16.5. The van der Waals surface area contributed by atoms with E-state index in [1.807, 2.05) is 7.11 Å². The lowest BCUT2D eigenvalue weighted by Gasteiger charge is -2.29. The molecule has 0 bridgehead atoms. The fourth-order valence-corrected chi connectivity index (χ4v) is 2.76. The lowest BCUT2D eigenvalue weighted by atomic mass is 9.93. The molecule has 0 saturated heterocycles. The quantitative estimate of drug-likeness (QED) is 0.747. The summed E-state index contributed by atoms with van der Waals surface area (Å²) in [5.74, 6) is 0. The maximum absolute atomic E-state index is 5.56. The van der Waals surface area contributed by atoms with E-state index < -0.39 is 0 Å². The predicted octanol–water partition coefficient (Wildman–Crippen LogP) is 3.22. The Balaban J connectivity index is 1.78. The van der Waals surface area contributed by atoms with E-state index in [-0.39, 0.29) is 0 Å². The highest BCUT2D eigenvalue weighted by molar-refractivity contribution is 5.46. The monoisotopic (exact) mass is 293 g/mol. The Hall–Kier alpha value is -1.10. The SMILES string of the molecule is COCCOCc1cccc(NC2CCC(OC)CC2)c1. The Bertz CT molecular complexity index is 403.